The van der Waals surface area contributed by atoms with Crippen LogP contribution in [0.25, 0.3) is 0 Å². The zero-order chi connectivity index (χ0) is 11.0. The predicted octanol–water partition coefficient (Wildman–Crippen LogP) is 1.94. The molecule has 1 aliphatic heterocycles. The van der Waals surface area contributed by atoms with E-state index in [0.717, 1.165) is 35.3 Å². The van der Waals surface area contributed by atoms with Gasteiger partial charge < -0.3 is 10.6 Å². The number of hydrogen-bond donors (Lipinski definition) is 1. The van der Waals surface area contributed by atoms with Crippen LogP contribution in [0.5, 0.6) is 0 Å². The molecule has 0 fully saturated rings. The molecule has 0 bridgehead atoms. The topological polar surface area (TPSA) is 46.3 Å². The SMILES string of the molecule is CCCN1Cc2cc(N)cc(C)c2C1=O. The van der Waals surface area contributed by atoms with Gasteiger partial charge in [-0.25, -0.2) is 0 Å². The van der Waals surface area contributed by atoms with E-state index in [2.05, 4.69) is 6.92 Å². The first-order valence-electron chi connectivity index (χ1n) is 5.31. The predicted molar refractivity (Wildman–Crippen MR) is 60.6 cm³/mol. The lowest BCUT2D eigenvalue weighted by Gasteiger charge is -2.13. The van der Waals surface area contributed by atoms with Crippen molar-refractivity contribution in [2.75, 3.05) is 12.3 Å². The first-order valence-corrected chi connectivity index (χ1v) is 5.31. The van der Waals surface area contributed by atoms with Crippen molar-refractivity contribution in [2.24, 2.45) is 0 Å². The van der Waals surface area contributed by atoms with Gasteiger partial charge in [-0.2, -0.15) is 0 Å². The Hall–Kier alpha value is -1.51. The number of nitrogens with two attached hydrogens (primary N) is 1. The van der Waals surface area contributed by atoms with Gasteiger partial charge in [-0.05, 0) is 36.6 Å². The lowest BCUT2D eigenvalue weighted by atomic mass is 10.0. The summed E-state index contributed by atoms with van der Waals surface area (Å²) in [6.07, 6.45) is 0.994. The quantitative estimate of drug-likeness (QED) is 0.748. The highest BCUT2D eigenvalue weighted by Gasteiger charge is 2.28. The van der Waals surface area contributed by atoms with Gasteiger partial charge in [0.15, 0.2) is 0 Å². The Morgan fingerprint density at radius 1 is 1.47 bits per heavy atom. The number of carbonyl (C=O) groups excluding carboxylic acids is 1. The van der Waals surface area contributed by atoms with Crippen LogP contribution < -0.4 is 5.73 Å². The van der Waals surface area contributed by atoms with Gasteiger partial charge >= 0.3 is 0 Å². The number of rotatable bonds is 2. The Kier molecular flexibility index (Phi) is 2.39. The maximum Gasteiger partial charge on any atom is 0.254 e. The van der Waals surface area contributed by atoms with Crippen molar-refractivity contribution in [1.82, 2.24) is 4.90 Å². The number of amides is 1. The lowest BCUT2D eigenvalue weighted by Crippen LogP contribution is -2.24. The Morgan fingerprint density at radius 2 is 2.20 bits per heavy atom. The molecule has 0 radical (unpaired) electrons. The molecule has 0 unspecified atom stereocenters. The van der Waals surface area contributed by atoms with Crippen molar-refractivity contribution in [3.05, 3.63) is 28.8 Å². The Labute approximate surface area is 89.9 Å². The second kappa shape index (κ2) is 3.57. The lowest BCUT2D eigenvalue weighted by molar-refractivity contribution is 0.0778. The summed E-state index contributed by atoms with van der Waals surface area (Å²) in [7, 11) is 0. The summed E-state index contributed by atoms with van der Waals surface area (Å²) < 4.78 is 0. The molecule has 0 aliphatic carbocycles. The smallest absolute Gasteiger partial charge is 0.254 e. The number of hydrogen-bond acceptors (Lipinski definition) is 2. The van der Waals surface area contributed by atoms with E-state index in [-0.39, 0.29) is 5.91 Å². The van der Waals surface area contributed by atoms with E-state index in [9.17, 15) is 4.79 Å². The monoisotopic (exact) mass is 204 g/mol. The fourth-order valence-corrected chi connectivity index (χ4v) is 2.21. The Morgan fingerprint density at radius 3 is 2.87 bits per heavy atom. The van der Waals surface area contributed by atoms with E-state index in [4.69, 9.17) is 5.73 Å². The second-order valence-electron chi connectivity index (χ2n) is 4.10. The third-order valence-electron chi connectivity index (χ3n) is 2.80. The Bertz CT molecular complexity index is 412. The molecule has 0 saturated heterocycles. The molecule has 15 heavy (non-hydrogen) atoms. The fraction of sp³-hybridized carbons (Fsp3) is 0.417. The van der Waals surface area contributed by atoms with Gasteiger partial charge in [-0.3, -0.25) is 4.79 Å². The van der Waals surface area contributed by atoms with Crippen molar-refractivity contribution >= 4 is 11.6 Å². The van der Waals surface area contributed by atoms with Crippen molar-refractivity contribution in [2.45, 2.75) is 26.8 Å². The van der Waals surface area contributed by atoms with Crippen LogP contribution in [0, 0.1) is 6.92 Å². The van der Waals surface area contributed by atoms with Crippen molar-refractivity contribution in [1.29, 1.82) is 0 Å². The van der Waals surface area contributed by atoms with E-state index in [1.807, 2.05) is 24.0 Å². The second-order valence-corrected chi connectivity index (χ2v) is 4.10. The molecule has 2 N–H and O–H groups in total. The largest absolute Gasteiger partial charge is 0.399 e. The molecular formula is C12H16N2O. The first-order chi connectivity index (χ1) is 7.13. The molecule has 0 atom stereocenters. The number of nitrogen functional groups attached to an aromatic ring is 1. The number of aryl methyl sites for hydroxylation is 1. The molecule has 1 aromatic rings. The zero-order valence-electron chi connectivity index (χ0n) is 9.21. The molecule has 1 aromatic carbocycles. The standard InChI is InChI=1S/C12H16N2O/c1-3-4-14-7-9-6-10(13)5-8(2)11(9)12(14)15/h5-6H,3-4,7,13H2,1-2H3. The highest BCUT2D eigenvalue weighted by Crippen LogP contribution is 2.27. The van der Waals surface area contributed by atoms with Crippen molar-refractivity contribution in [3.8, 4) is 0 Å². The molecule has 0 aromatic heterocycles. The van der Waals surface area contributed by atoms with Gasteiger partial charge in [0.25, 0.3) is 5.91 Å². The summed E-state index contributed by atoms with van der Waals surface area (Å²) in [6, 6.07) is 3.78. The molecule has 80 valence electrons. The summed E-state index contributed by atoms with van der Waals surface area (Å²) in [5.41, 5.74) is 9.44. The third kappa shape index (κ3) is 1.58. The minimum absolute atomic E-state index is 0.157. The van der Waals surface area contributed by atoms with Gasteiger partial charge in [0.1, 0.15) is 0 Å². The fourth-order valence-electron chi connectivity index (χ4n) is 2.21. The highest BCUT2D eigenvalue weighted by molar-refractivity contribution is 6.00. The van der Waals surface area contributed by atoms with Crippen LogP contribution in [-0.2, 0) is 6.54 Å². The average Bonchev–Trinajstić information content (AvgIpc) is 2.43. The van der Waals surface area contributed by atoms with Crippen molar-refractivity contribution in [3.63, 3.8) is 0 Å². The van der Waals surface area contributed by atoms with E-state index in [1.54, 1.807) is 0 Å². The molecule has 1 amide bonds. The normalized spacial score (nSPS) is 14.5. The van der Waals surface area contributed by atoms with Gasteiger partial charge in [-0.1, -0.05) is 6.92 Å². The van der Waals surface area contributed by atoms with Crippen molar-refractivity contribution < 1.29 is 4.79 Å². The van der Waals surface area contributed by atoms with Crippen LogP contribution in [0.4, 0.5) is 5.69 Å². The molecule has 3 heteroatoms. The zero-order valence-corrected chi connectivity index (χ0v) is 9.21. The van der Waals surface area contributed by atoms with Gasteiger partial charge in [0.05, 0.1) is 0 Å². The van der Waals surface area contributed by atoms with Gasteiger partial charge in [0, 0.05) is 24.3 Å². The number of fused-ring (bicyclic) bond motifs is 1. The summed E-state index contributed by atoms with van der Waals surface area (Å²) >= 11 is 0. The molecular weight excluding hydrogens is 188 g/mol. The van der Waals surface area contributed by atoms with Crippen LogP contribution in [0.3, 0.4) is 0 Å². The Balaban J connectivity index is 2.41. The van der Waals surface area contributed by atoms with Crippen LogP contribution in [-0.4, -0.2) is 17.4 Å². The summed E-state index contributed by atoms with van der Waals surface area (Å²) in [6.45, 7) is 5.57. The molecule has 1 aliphatic rings. The number of nitrogens with zero attached hydrogens (tertiary/aromatic N) is 1. The third-order valence-corrected chi connectivity index (χ3v) is 2.80. The van der Waals surface area contributed by atoms with E-state index < -0.39 is 0 Å². The van der Waals surface area contributed by atoms with Gasteiger partial charge in [0.2, 0.25) is 0 Å². The number of benzene rings is 1. The maximum absolute atomic E-state index is 12.0. The molecule has 2 rings (SSSR count). The van der Waals surface area contributed by atoms with E-state index >= 15 is 0 Å². The average molecular weight is 204 g/mol. The molecule has 0 spiro atoms. The molecule has 1 heterocycles. The summed E-state index contributed by atoms with van der Waals surface area (Å²) in [5.74, 6) is 0.157. The van der Waals surface area contributed by atoms with Crippen LogP contribution >= 0.6 is 0 Å². The minimum Gasteiger partial charge on any atom is -0.399 e. The maximum atomic E-state index is 12.0. The van der Waals surface area contributed by atoms with Crippen LogP contribution in [0.2, 0.25) is 0 Å². The first kappa shape index (κ1) is 10.0. The van der Waals surface area contributed by atoms with Crippen LogP contribution in [0.1, 0.15) is 34.8 Å². The van der Waals surface area contributed by atoms with Gasteiger partial charge in [-0.15, -0.1) is 0 Å². The minimum atomic E-state index is 0.157. The van der Waals surface area contributed by atoms with E-state index in [0.29, 0.717) is 6.54 Å². The number of anilines is 1. The van der Waals surface area contributed by atoms with E-state index in [1.165, 1.54) is 0 Å². The molecule has 3 nitrogen and oxygen atoms in total. The summed E-state index contributed by atoms with van der Waals surface area (Å²) in [5, 5.41) is 0. The van der Waals surface area contributed by atoms with Crippen LogP contribution in [0.15, 0.2) is 12.1 Å². The highest BCUT2D eigenvalue weighted by atomic mass is 16.2. The summed E-state index contributed by atoms with van der Waals surface area (Å²) in [4.78, 5) is 13.9. The number of carbonyl (C=O) groups is 1. The molecule has 0 saturated carbocycles.